The first-order valence-corrected chi connectivity index (χ1v) is 3.65. The number of allylic oxidation sites excluding steroid dienone is 1. The van der Waals surface area contributed by atoms with E-state index in [0.717, 1.165) is 6.42 Å². The van der Waals surface area contributed by atoms with E-state index in [2.05, 4.69) is 4.74 Å². The standard InChI is InChI=1S/C8H12O3/c1-11-7(9)8(10)5-3-2-4-6-8/h2-3,10H,4-6H2,1H3/t8-/m1/s1. The number of hydrogen-bond donors (Lipinski definition) is 1. The van der Waals surface area contributed by atoms with Crippen LogP contribution in [-0.2, 0) is 9.53 Å². The molecule has 1 aliphatic carbocycles. The monoisotopic (exact) mass is 156 g/mol. The van der Waals surface area contributed by atoms with Gasteiger partial charge in [-0.3, -0.25) is 0 Å². The molecular formula is C8H12O3. The van der Waals surface area contributed by atoms with Crippen LogP contribution in [0.15, 0.2) is 12.2 Å². The van der Waals surface area contributed by atoms with Crippen molar-refractivity contribution in [2.75, 3.05) is 7.11 Å². The minimum Gasteiger partial charge on any atom is -0.467 e. The van der Waals surface area contributed by atoms with Crippen molar-refractivity contribution in [3.63, 3.8) is 0 Å². The van der Waals surface area contributed by atoms with Crippen LogP contribution in [0.3, 0.4) is 0 Å². The summed E-state index contributed by atoms with van der Waals surface area (Å²) in [6.45, 7) is 0. The van der Waals surface area contributed by atoms with Crippen LogP contribution in [0.1, 0.15) is 19.3 Å². The van der Waals surface area contributed by atoms with Gasteiger partial charge in [0, 0.05) is 6.42 Å². The van der Waals surface area contributed by atoms with E-state index in [4.69, 9.17) is 0 Å². The van der Waals surface area contributed by atoms with Gasteiger partial charge in [0.25, 0.3) is 0 Å². The van der Waals surface area contributed by atoms with Crippen LogP contribution in [0.4, 0.5) is 0 Å². The number of methoxy groups -OCH3 is 1. The van der Waals surface area contributed by atoms with E-state index in [-0.39, 0.29) is 0 Å². The Hall–Kier alpha value is -0.830. The van der Waals surface area contributed by atoms with Crippen molar-refractivity contribution in [2.24, 2.45) is 0 Å². The van der Waals surface area contributed by atoms with Crippen molar-refractivity contribution in [1.82, 2.24) is 0 Å². The lowest BCUT2D eigenvalue weighted by Gasteiger charge is -2.25. The Morgan fingerprint density at radius 1 is 1.64 bits per heavy atom. The van der Waals surface area contributed by atoms with Gasteiger partial charge in [-0.05, 0) is 12.8 Å². The molecule has 0 radical (unpaired) electrons. The first kappa shape index (κ1) is 8.27. The van der Waals surface area contributed by atoms with Crippen LogP contribution in [-0.4, -0.2) is 23.8 Å². The molecule has 0 unspecified atom stereocenters. The summed E-state index contributed by atoms with van der Waals surface area (Å²) in [5.74, 6) is -0.526. The van der Waals surface area contributed by atoms with Crippen molar-refractivity contribution in [2.45, 2.75) is 24.9 Å². The lowest BCUT2D eigenvalue weighted by Crippen LogP contribution is -2.40. The summed E-state index contributed by atoms with van der Waals surface area (Å²) in [6.07, 6.45) is 5.35. The molecule has 0 aliphatic heterocycles. The number of ether oxygens (including phenoxy) is 1. The van der Waals surface area contributed by atoms with Gasteiger partial charge in [0.1, 0.15) is 0 Å². The van der Waals surface area contributed by atoms with Crippen LogP contribution in [0, 0.1) is 0 Å². The molecule has 0 spiro atoms. The topological polar surface area (TPSA) is 46.5 Å². The third-order valence-corrected chi connectivity index (χ3v) is 1.91. The van der Waals surface area contributed by atoms with Gasteiger partial charge in [0.15, 0.2) is 5.60 Å². The number of aliphatic hydroxyl groups is 1. The molecule has 0 bridgehead atoms. The van der Waals surface area contributed by atoms with Crippen molar-refractivity contribution in [1.29, 1.82) is 0 Å². The van der Waals surface area contributed by atoms with Crippen LogP contribution < -0.4 is 0 Å². The molecule has 11 heavy (non-hydrogen) atoms. The van der Waals surface area contributed by atoms with E-state index < -0.39 is 11.6 Å². The van der Waals surface area contributed by atoms with E-state index in [1.54, 1.807) is 6.08 Å². The molecule has 0 saturated heterocycles. The van der Waals surface area contributed by atoms with E-state index in [1.807, 2.05) is 6.08 Å². The Morgan fingerprint density at radius 3 is 2.82 bits per heavy atom. The van der Waals surface area contributed by atoms with Crippen LogP contribution in [0.2, 0.25) is 0 Å². The highest BCUT2D eigenvalue weighted by Gasteiger charge is 2.36. The van der Waals surface area contributed by atoms with Crippen LogP contribution in [0.5, 0.6) is 0 Å². The predicted octanol–water partition coefficient (Wildman–Crippen LogP) is 0.631. The normalized spacial score (nSPS) is 30.0. The fraction of sp³-hybridized carbons (Fsp3) is 0.625. The Morgan fingerprint density at radius 2 is 2.36 bits per heavy atom. The lowest BCUT2D eigenvalue weighted by atomic mass is 9.90. The smallest absolute Gasteiger partial charge is 0.338 e. The maximum atomic E-state index is 11.0. The number of esters is 1. The minimum absolute atomic E-state index is 0.375. The predicted molar refractivity (Wildman–Crippen MR) is 40.0 cm³/mol. The molecule has 0 fully saturated rings. The molecule has 62 valence electrons. The summed E-state index contributed by atoms with van der Waals surface area (Å²) in [6, 6.07) is 0. The van der Waals surface area contributed by atoms with Crippen LogP contribution >= 0.6 is 0 Å². The van der Waals surface area contributed by atoms with Gasteiger partial charge in [-0.1, -0.05) is 12.2 Å². The highest BCUT2D eigenvalue weighted by atomic mass is 16.5. The maximum absolute atomic E-state index is 11.0. The zero-order valence-corrected chi connectivity index (χ0v) is 6.54. The highest BCUT2D eigenvalue weighted by Crippen LogP contribution is 2.24. The van der Waals surface area contributed by atoms with Crippen LogP contribution in [0.25, 0.3) is 0 Å². The molecule has 1 aliphatic rings. The molecule has 1 rings (SSSR count). The quantitative estimate of drug-likeness (QED) is 0.447. The van der Waals surface area contributed by atoms with Gasteiger partial charge >= 0.3 is 5.97 Å². The largest absolute Gasteiger partial charge is 0.467 e. The van der Waals surface area contributed by atoms with Gasteiger partial charge in [-0.2, -0.15) is 0 Å². The average Bonchev–Trinajstić information content (AvgIpc) is 2.04. The molecular weight excluding hydrogens is 144 g/mol. The molecule has 3 heteroatoms. The molecule has 3 nitrogen and oxygen atoms in total. The fourth-order valence-electron chi connectivity index (χ4n) is 1.20. The summed E-state index contributed by atoms with van der Waals surface area (Å²) in [4.78, 5) is 11.0. The zero-order chi connectivity index (χ0) is 8.32. The summed E-state index contributed by atoms with van der Waals surface area (Å²) >= 11 is 0. The summed E-state index contributed by atoms with van der Waals surface area (Å²) in [5, 5.41) is 9.61. The van der Waals surface area contributed by atoms with Gasteiger partial charge in [-0.25, -0.2) is 4.79 Å². The second kappa shape index (κ2) is 3.05. The molecule has 0 aromatic rings. The van der Waals surface area contributed by atoms with E-state index in [9.17, 15) is 9.90 Å². The van der Waals surface area contributed by atoms with Gasteiger partial charge in [-0.15, -0.1) is 0 Å². The summed E-state index contributed by atoms with van der Waals surface area (Å²) in [7, 11) is 1.29. The zero-order valence-electron chi connectivity index (χ0n) is 6.54. The van der Waals surface area contributed by atoms with Gasteiger partial charge in [0.05, 0.1) is 7.11 Å². The summed E-state index contributed by atoms with van der Waals surface area (Å²) in [5.41, 5.74) is -1.26. The van der Waals surface area contributed by atoms with E-state index in [0.29, 0.717) is 12.8 Å². The first-order valence-electron chi connectivity index (χ1n) is 3.65. The number of carbonyl (C=O) groups excluding carboxylic acids is 1. The van der Waals surface area contributed by atoms with E-state index in [1.165, 1.54) is 7.11 Å². The molecule has 1 atom stereocenters. The van der Waals surface area contributed by atoms with Gasteiger partial charge in [0.2, 0.25) is 0 Å². The Balaban J connectivity index is 2.66. The van der Waals surface area contributed by atoms with Crippen molar-refractivity contribution < 1.29 is 14.6 Å². The van der Waals surface area contributed by atoms with Crippen molar-refractivity contribution in [3.05, 3.63) is 12.2 Å². The second-order valence-electron chi connectivity index (χ2n) is 2.74. The van der Waals surface area contributed by atoms with E-state index >= 15 is 0 Å². The molecule has 0 heterocycles. The number of rotatable bonds is 1. The average molecular weight is 156 g/mol. The second-order valence-corrected chi connectivity index (χ2v) is 2.74. The molecule has 0 saturated carbocycles. The maximum Gasteiger partial charge on any atom is 0.338 e. The summed E-state index contributed by atoms with van der Waals surface area (Å²) < 4.78 is 4.47. The third-order valence-electron chi connectivity index (χ3n) is 1.91. The lowest BCUT2D eigenvalue weighted by molar-refractivity contribution is -0.163. The SMILES string of the molecule is COC(=O)[C@@]1(O)CC=CCC1. The Bertz CT molecular complexity index is 186. The number of carbonyl (C=O) groups is 1. The van der Waals surface area contributed by atoms with Gasteiger partial charge < -0.3 is 9.84 Å². The molecule has 0 aromatic carbocycles. The molecule has 0 aromatic heterocycles. The first-order chi connectivity index (χ1) is 5.19. The molecule has 0 amide bonds. The number of hydrogen-bond acceptors (Lipinski definition) is 3. The van der Waals surface area contributed by atoms with Crippen molar-refractivity contribution >= 4 is 5.97 Å². The third kappa shape index (κ3) is 1.60. The highest BCUT2D eigenvalue weighted by molar-refractivity contribution is 5.79. The minimum atomic E-state index is -1.26. The Kier molecular flexibility index (Phi) is 2.29. The Labute approximate surface area is 65.7 Å². The molecule has 1 N–H and O–H groups in total. The fourth-order valence-corrected chi connectivity index (χ4v) is 1.20. The van der Waals surface area contributed by atoms with Crippen molar-refractivity contribution in [3.8, 4) is 0 Å².